The quantitative estimate of drug-likeness (QED) is 0.754. The van der Waals surface area contributed by atoms with E-state index in [0.717, 1.165) is 25.7 Å². The molecule has 2 nitrogen and oxygen atoms in total. The molecule has 0 unspecified atom stereocenters. The molecule has 0 radical (unpaired) electrons. The van der Waals surface area contributed by atoms with Crippen molar-refractivity contribution in [2.24, 2.45) is 5.92 Å². The highest BCUT2D eigenvalue weighted by atomic mass is 19.2. The summed E-state index contributed by atoms with van der Waals surface area (Å²) in [5.74, 6) is -0.894. The molecule has 0 aliphatic carbocycles. The van der Waals surface area contributed by atoms with Crippen LogP contribution in [0.2, 0.25) is 0 Å². The second kappa shape index (κ2) is 7.44. The monoisotopic (exact) mass is 256 g/mol. The molecule has 0 saturated carbocycles. The molecule has 0 atom stereocenters. The van der Waals surface area contributed by atoms with Gasteiger partial charge in [-0.15, -0.1) is 0 Å². The maximum Gasteiger partial charge on any atom is 0.163 e. The second-order valence-electron chi connectivity index (χ2n) is 5.05. The number of hydrogen-bond acceptors (Lipinski definition) is 2. The largest absolute Gasteiger partial charge is 0.315 e. The van der Waals surface area contributed by atoms with Crippen molar-refractivity contribution in [3.05, 3.63) is 35.4 Å². The number of nitrogens with one attached hydrogen (secondary N) is 1. The van der Waals surface area contributed by atoms with Crippen LogP contribution in [0.25, 0.3) is 0 Å². The second-order valence-corrected chi connectivity index (χ2v) is 5.05. The summed E-state index contributed by atoms with van der Waals surface area (Å²) >= 11 is 0. The van der Waals surface area contributed by atoms with Gasteiger partial charge in [0.15, 0.2) is 11.6 Å². The first-order valence-corrected chi connectivity index (χ1v) is 6.33. The van der Waals surface area contributed by atoms with Gasteiger partial charge in [-0.1, -0.05) is 26.0 Å². The number of benzene rings is 1. The fraction of sp³-hybridized carbons (Fsp3) is 0.571. The van der Waals surface area contributed by atoms with Gasteiger partial charge in [0, 0.05) is 25.2 Å². The van der Waals surface area contributed by atoms with Gasteiger partial charge in [0.1, 0.15) is 0 Å². The average molecular weight is 256 g/mol. The summed E-state index contributed by atoms with van der Waals surface area (Å²) in [5.41, 5.74) is 0.404. The van der Waals surface area contributed by atoms with Gasteiger partial charge < -0.3 is 10.2 Å². The molecule has 1 aromatic rings. The third-order valence-corrected chi connectivity index (χ3v) is 2.69. The minimum Gasteiger partial charge on any atom is -0.315 e. The van der Waals surface area contributed by atoms with E-state index < -0.39 is 11.6 Å². The van der Waals surface area contributed by atoms with Crippen LogP contribution >= 0.6 is 0 Å². The van der Waals surface area contributed by atoms with Crippen LogP contribution in [-0.2, 0) is 6.54 Å². The van der Waals surface area contributed by atoms with E-state index in [4.69, 9.17) is 0 Å². The van der Waals surface area contributed by atoms with Crippen molar-refractivity contribution >= 4 is 0 Å². The molecule has 0 aliphatic heterocycles. The third kappa shape index (κ3) is 5.10. The van der Waals surface area contributed by atoms with Gasteiger partial charge in [-0.3, -0.25) is 0 Å². The van der Waals surface area contributed by atoms with Gasteiger partial charge in [-0.05, 0) is 25.6 Å². The van der Waals surface area contributed by atoms with Crippen molar-refractivity contribution in [3.8, 4) is 0 Å². The molecule has 0 saturated heterocycles. The summed E-state index contributed by atoms with van der Waals surface area (Å²) in [5, 5.41) is 3.32. The summed E-state index contributed by atoms with van der Waals surface area (Å²) in [4.78, 5) is 1.98. The van der Waals surface area contributed by atoms with Crippen LogP contribution in [0.15, 0.2) is 18.2 Å². The summed E-state index contributed by atoms with van der Waals surface area (Å²) in [7, 11) is 1.90. The first-order chi connectivity index (χ1) is 8.50. The Labute approximate surface area is 108 Å². The summed E-state index contributed by atoms with van der Waals surface area (Å²) in [6.07, 6.45) is 0. The number of nitrogens with zero attached hydrogens (tertiary/aromatic N) is 1. The Bertz CT molecular complexity index is 367. The molecule has 4 heteroatoms. The Morgan fingerprint density at radius 1 is 1.28 bits per heavy atom. The van der Waals surface area contributed by atoms with Crippen LogP contribution in [0.3, 0.4) is 0 Å². The van der Waals surface area contributed by atoms with Crippen LogP contribution in [0.4, 0.5) is 8.78 Å². The lowest BCUT2D eigenvalue weighted by Gasteiger charge is -2.18. The van der Waals surface area contributed by atoms with Gasteiger partial charge in [-0.25, -0.2) is 8.78 Å². The lowest BCUT2D eigenvalue weighted by Crippen LogP contribution is -2.31. The van der Waals surface area contributed by atoms with Gasteiger partial charge in [0.25, 0.3) is 0 Å². The number of rotatable bonds is 7. The highest BCUT2D eigenvalue weighted by Crippen LogP contribution is 2.12. The van der Waals surface area contributed by atoms with Crippen LogP contribution in [0.1, 0.15) is 19.4 Å². The fourth-order valence-corrected chi connectivity index (χ4v) is 1.70. The van der Waals surface area contributed by atoms with E-state index in [1.54, 1.807) is 12.1 Å². The molecule has 1 N–H and O–H groups in total. The molecule has 0 amide bonds. The molecule has 0 spiro atoms. The zero-order valence-corrected chi connectivity index (χ0v) is 11.3. The first kappa shape index (κ1) is 15.1. The van der Waals surface area contributed by atoms with Crippen molar-refractivity contribution in [3.63, 3.8) is 0 Å². The fourth-order valence-electron chi connectivity index (χ4n) is 1.70. The normalized spacial score (nSPS) is 11.5. The number of likely N-dealkylation sites (N-methyl/N-ethyl adjacent to an activating group) is 1. The van der Waals surface area contributed by atoms with Gasteiger partial charge in [0.05, 0.1) is 0 Å². The molecule has 18 heavy (non-hydrogen) atoms. The molecule has 0 aromatic heterocycles. The lowest BCUT2D eigenvalue weighted by molar-refractivity contribution is 0.314. The maximum atomic E-state index is 13.4. The molecular formula is C14H22F2N2. The predicted octanol–water partition coefficient (Wildman–Crippen LogP) is 2.64. The van der Waals surface area contributed by atoms with E-state index in [9.17, 15) is 8.78 Å². The van der Waals surface area contributed by atoms with E-state index in [0.29, 0.717) is 18.0 Å². The first-order valence-electron chi connectivity index (χ1n) is 6.33. The zero-order valence-electron chi connectivity index (χ0n) is 11.3. The lowest BCUT2D eigenvalue weighted by atomic mass is 10.2. The highest BCUT2D eigenvalue weighted by Gasteiger charge is 2.09. The molecule has 0 fully saturated rings. The Morgan fingerprint density at radius 2 is 2.00 bits per heavy atom. The summed E-state index contributed by atoms with van der Waals surface area (Å²) in [6.45, 7) is 7.36. The highest BCUT2D eigenvalue weighted by molar-refractivity contribution is 5.18. The van der Waals surface area contributed by atoms with E-state index in [1.165, 1.54) is 0 Å². The van der Waals surface area contributed by atoms with Crippen molar-refractivity contribution in [1.29, 1.82) is 0 Å². The van der Waals surface area contributed by atoms with Crippen molar-refractivity contribution < 1.29 is 8.78 Å². The SMILES string of the molecule is CC(C)CNCCN(C)Cc1cccc(F)c1F. The zero-order chi connectivity index (χ0) is 13.5. The summed E-state index contributed by atoms with van der Waals surface area (Å²) in [6, 6.07) is 4.30. The minimum atomic E-state index is -0.779. The average Bonchev–Trinajstić information content (AvgIpc) is 2.30. The molecule has 0 bridgehead atoms. The number of hydrogen-bond donors (Lipinski definition) is 1. The van der Waals surface area contributed by atoms with Crippen molar-refractivity contribution in [2.45, 2.75) is 20.4 Å². The van der Waals surface area contributed by atoms with Crippen molar-refractivity contribution in [1.82, 2.24) is 10.2 Å². The van der Waals surface area contributed by atoms with Gasteiger partial charge in [-0.2, -0.15) is 0 Å². The number of halogens is 2. The molecular weight excluding hydrogens is 234 g/mol. The van der Waals surface area contributed by atoms with Crippen LogP contribution in [0, 0.1) is 17.6 Å². The smallest absolute Gasteiger partial charge is 0.163 e. The van der Waals surface area contributed by atoms with E-state index in [2.05, 4.69) is 19.2 Å². The van der Waals surface area contributed by atoms with Crippen LogP contribution in [0.5, 0.6) is 0 Å². The third-order valence-electron chi connectivity index (χ3n) is 2.69. The van der Waals surface area contributed by atoms with Gasteiger partial charge in [0.2, 0.25) is 0 Å². The van der Waals surface area contributed by atoms with E-state index in [1.807, 2.05) is 11.9 Å². The minimum absolute atomic E-state index is 0.404. The predicted molar refractivity (Wildman–Crippen MR) is 70.4 cm³/mol. The molecule has 1 aromatic carbocycles. The Balaban J connectivity index is 2.35. The van der Waals surface area contributed by atoms with Gasteiger partial charge >= 0.3 is 0 Å². The Hall–Kier alpha value is -1.00. The van der Waals surface area contributed by atoms with E-state index >= 15 is 0 Å². The Morgan fingerprint density at radius 3 is 2.67 bits per heavy atom. The topological polar surface area (TPSA) is 15.3 Å². The van der Waals surface area contributed by atoms with E-state index in [-0.39, 0.29) is 0 Å². The molecule has 0 aliphatic rings. The molecule has 102 valence electrons. The van der Waals surface area contributed by atoms with Crippen LogP contribution in [-0.4, -0.2) is 31.6 Å². The standard InChI is InChI=1S/C14H22F2N2/c1-11(2)9-17-7-8-18(3)10-12-5-4-6-13(15)14(12)16/h4-6,11,17H,7-10H2,1-3H3. The molecule has 1 rings (SSSR count). The van der Waals surface area contributed by atoms with Crippen LogP contribution < -0.4 is 5.32 Å². The molecule has 0 heterocycles. The Kier molecular flexibility index (Phi) is 6.22. The maximum absolute atomic E-state index is 13.4. The van der Waals surface area contributed by atoms with Crippen molar-refractivity contribution in [2.75, 3.05) is 26.7 Å². The summed E-state index contributed by atoms with van der Waals surface area (Å²) < 4.78 is 26.5.